The summed E-state index contributed by atoms with van der Waals surface area (Å²) in [6.07, 6.45) is 0. The summed E-state index contributed by atoms with van der Waals surface area (Å²) < 4.78 is 10.2. The summed E-state index contributed by atoms with van der Waals surface area (Å²) in [6, 6.07) is 4.21. The molecule has 6 nitrogen and oxygen atoms in total. The van der Waals surface area contributed by atoms with Gasteiger partial charge in [-0.05, 0) is 18.3 Å². The van der Waals surface area contributed by atoms with Gasteiger partial charge in [-0.15, -0.1) is 0 Å². The van der Waals surface area contributed by atoms with Gasteiger partial charge in [0.2, 0.25) is 5.75 Å². The maximum Gasteiger partial charge on any atom is 0.311 e. The van der Waals surface area contributed by atoms with E-state index in [9.17, 15) is 10.1 Å². The van der Waals surface area contributed by atoms with Crippen LogP contribution in [0.2, 0.25) is 0 Å². The standard InChI is InChI=1S/C10H12N2O4S/c1-11(2)10(17)16-7-4-5-8(12(13)14)9(6-7)15-3/h4-6H,1-3H3. The minimum absolute atomic E-state index is 0.115. The summed E-state index contributed by atoms with van der Waals surface area (Å²) in [4.78, 5) is 11.8. The molecule has 0 atom stereocenters. The number of thiocarbonyl (C=S) groups is 1. The maximum absolute atomic E-state index is 10.7. The Hall–Kier alpha value is -1.89. The van der Waals surface area contributed by atoms with Crippen LogP contribution in [0.25, 0.3) is 0 Å². The van der Waals surface area contributed by atoms with Crippen LogP contribution in [0.4, 0.5) is 5.69 Å². The lowest BCUT2D eigenvalue weighted by Gasteiger charge is -2.14. The second-order valence-corrected chi connectivity index (χ2v) is 3.70. The van der Waals surface area contributed by atoms with Gasteiger partial charge < -0.3 is 14.4 Å². The van der Waals surface area contributed by atoms with Crippen molar-refractivity contribution in [2.45, 2.75) is 0 Å². The monoisotopic (exact) mass is 256 g/mol. The van der Waals surface area contributed by atoms with Gasteiger partial charge >= 0.3 is 5.69 Å². The van der Waals surface area contributed by atoms with E-state index < -0.39 is 4.92 Å². The molecule has 1 aromatic carbocycles. The zero-order valence-corrected chi connectivity index (χ0v) is 10.5. The normalized spacial score (nSPS) is 9.59. The van der Waals surface area contributed by atoms with Crippen molar-refractivity contribution in [2.75, 3.05) is 21.2 Å². The third kappa shape index (κ3) is 3.28. The van der Waals surface area contributed by atoms with Gasteiger partial charge in [-0.3, -0.25) is 10.1 Å². The molecule has 7 heteroatoms. The topological polar surface area (TPSA) is 64.8 Å². The predicted molar refractivity (Wildman–Crippen MR) is 66.6 cm³/mol. The van der Waals surface area contributed by atoms with Gasteiger partial charge in [0.1, 0.15) is 5.75 Å². The fraction of sp³-hybridized carbons (Fsp3) is 0.300. The van der Waals surface area contributed by atoms with Crippen LogP contribution in [-0.2, 0) is 0 Å². The minimum atomic E-state index is -0.521. The number of benzene rings is 1. The number of nitro benzene ring substituents is 1. The molecule has 0 saturated carbocycles. The smallest absolute Gasteiger partial charge is 0.311 e. The highest BCUT2D eigenvalue weighted by Crippen LogP contribution is 2.30. The van der Waals surface area contributed by atoms with Crippen molar-refractivity contribution in [3.05, 3.63) is 28.3 Å². The van der Waals surface area contributed by atoms with Crippen LogP contribution in [0.15, 0.2) is 18.2 Å². The molecule has 92 valence electrons. The van der Waals surface area contributed by atoms with E-state index in [0.717, 1.165) is 0 Å². The molecule has 0 unspecified atom stereocenters. The van der Waals surface area contributed by atoms with E-state index in [4.69, 9.17) is 21.7 Å². The maximum atomic E-state index is 10.7. The number of methoxy groups -OCH3 is 1. The molecule has 0 radical (unpaired) electrons. The lowest BCUT2D eigenvalue weighted by molar-refractivity contribution is -0.385. The highest BCUT2D eigenvalue weighted by atomic mass is 32.1. The van der Waals surface area contributed by atoms with Crippen molar-refractivity contribution < 1.29 is 14.4 Å². The summed E-state index contributed by atoms with van der Waals surface area (Å²) >= 11 is 4.95. The fourth-order valence-electron chi connectivity index (χ4n) is 1.06. The first kappa shape index (κ1) is 13.2. The number of rotatable bonds is 3. The molecule has 0 saturated heterocycles. The van der Waals surface area contributed by atoms with Crippen molar-refractivity contribution in [3.63, 3.8) is 0 Å². The SMILES string of the molecule is COc1cc(OC(=S)N(C)C)ccc1[N+](=O)[O-]. The van der Waals surface area contributed by atoms with Crippen molar-refractivity contribution >= 4 is 23.1 Å². The van der Waals surface area contributed by atoms with Crippen LogP contribution in [0.3, 0.4) is 0 Å². The Labute approximate surface area is 104 Å². The molecule has 0 aliphatic carbocycles. The van der Waals surface area contributed by atoms with Gasteiger partial charge in [0.15, 0.2) is 0 Å². The van der Waals surface area contributed by atoms with Gasteiger partial charge in [0.05, 0.1) is 12.0 Å². The quantitative estimate of drug-likeness (QED) is 0.467. The Morgan fingerprint density at radius 2 is 2.12 bits per heavy atom. The molecular weight excluding hydrogens is 244 g/mol. The fourth-order valence-corrected chi connectivity index (χ4v) is 1.16. The number of hydrogen-bond acceptors (Lipinski definition) is 5. The molecule has 0 heterocycles. The second kappa shape index (κ2) is 5.44. The Kier molecular flexibility index (Phi) is 4.22. The molecule has 0 N–H and O–H groups in total. The molecule has 0 aliphatic rings. The van der Waals surface area contributed by atoms with Crippen molar-refractivity contribution in [2.24, 2.45) is 0 Å². The first-order valence-corrected chi connectivity index (χ1v) is 5.08. The van der Waals surface area contributed by atoms with E-state index in [2.05, 4.69) is 0 Å². The number of nitro groups is 1. The first-order chi connectivity index (χ1) is 7.95. The van der Waals surface area contributed by atoms with E-state index in [1.807, 2.05) is 0 Å². The summed E-state index contributed by atoms with van der Waals surface area (Å²) in [6.45, 7) is 0. The highest BCUT2D eigenvalue weighted by molar-refractivity contribution is 7.80. The molecule has 0 aromatic heterocycles. The first-order valence-electron chi connectivity index (χ1n) is 4.67. The Bertz CT molecular complexity index is 448. The average Bonchev–Trinajstić information content (AvgIpc) is 2.28. The zero-order chi connectivity index (χ0) is 13.0. The number of ether oxygens (including phenoxy) is 2. The van der Waals surface area contributed by atoms with Crippen LogP contribution in [-0.4, -0.2) is 36.2 Å². The van der Waals surface area contributed by atoms with Crippen molar-refractivity contribution in [1.29, 1.82) is 0 Å². The van der Waals surface area contributed by atoms with Gasteiger partial charge in [-0.25, -0.2) is 0 Å². The third-order valence-electron chi connectivity index (χ3n) is 1.92. The largest absolute Gasteiger partial charge is 0.490 e. The lowest BCUT2D eigenvalue weighted by Crippen LogP contribution is -2.24. The molecule has 0 bridgehead atoms. The van der Waals surface area contributed by atoms with Crippen molar-refractivity contribution in [1.82, 2.24) is 4.90 Å². The van der Waals surface area contributed by atoms with Crippen LogP contribution >= 0.6 is 12.2 Å². The molecule has 0 amide bonds. The number of hydrogen-bond donors (Lipinski definition) is 0. The summed E-state index contributed by atoms with van der Waals surface area (Å²) in [5, 5.41) is 10.9. The summed E-state index contributed by atoms with van der Waals surface area (Å²) in [5.41, 5.74) is -0.115. The molecule has 0 spiro atoms. The molecule has 17 heavy (non-hydrogen) atoms. The van der Waals surface area contributed by atoms with Gasteiger partial charge in [-0.1, -0.05) is 0 Å². The lowest BCUT2D eigenvalue weighted by atomic mass is 10.3. The van der Waals surface area contributed by atoms with Crippen LogP contribution in [0, 0.1) is 10.1 Å². The van der Waals surface area contributed by atoms with Crippen molar-refractivity contribution in [3.8, 4) is 11.5 Å². The van der Waals surface area contributed by atoms with Gasteiger partial charge in [0, 0.05) is 26.2 Å². The Morgan fingerprint density at radius 3 is 2.59 bits per heavy atom. The molecular formula is C10H12N2O4S. The van der Waals surface area contributed by atoms with Gasteiger partial charge in [0.25, 0.3) is 5.17 Å². The molecule has 1 aromatic rings. The second-order valence-electron chi connectivity index (χ2n) is 3.35. The van der Waals surface area contributed by atoms with Gasteiger partial charge in [-0.2, -0.15) is 0 Å². The number of nitrogens with zero attached hydrogens (tertiary/aromatic N) is 2. The van der Waals surface area contributed by atoms with E-state index in [0.29, 0.717) is 5.75 Å². The molecule has 0 fully saturated rings. The average molecular weight is 256 g/mol. The zero-order valence-electron chi connectivity index (χ0n) is 9.67. The molecule has 0 aliphatic heterocycles. The predicted octanol–water partition coefficient (Wildman–Crippen LogP) is 1.83. The minimum Gasteiger partial charge on any atom is -0.490 e. The summed E-state index contributed by atoms with van der Waals surface area (Å²) in [7, 11) is 4.84. The Balaban J connectivity index is 2.98. The van der Waals surface area contributed by atoms with E-state index >= 15 is 0 Å². The highest BCUT2D eigenvalue weighted by Gasteiger charge is 2.16. The van der Waals surface area contributed by atoms with Crippen LogP contribution in [0.1, 0.15) is 0 Å². The Morgan fingerprint density at radius 1 is 1.47 bits per heavy atom. The third-order valence-corrected chi connectivity index (χ3v) is 2.37. The summed E-state index contributed by atoms with van der Waals surface area (Å²) in [5.74, 6) is 0.528. The van der Waals surface area contributed by atoms with Crippen LogP contribution in [0.5, 0.6) is 11.5 Å². The van der Waals surface area contributed by atoms with E-state index in [1.54, 1.807) is 19.0 Å². The van der Waals surface area contributed by atoms with E-state index in [1.165, 1.54) is 25.3 Å². The molecule has 1 rings (SSSR count). The van der Waals surface area contributed by atoms with E-state index in [-0.39, 0.29) is 16.6 Å². The van der Waals surface area contributed by atoms with Crippen LogP contribution < -0.4 is 9.47 Å².